The number of anilines is 2. The van der Waals surface area contributed by atoms with E-state index < -0.39 is 0 Å². The van der Waals surface area contributed by atoms with Gasteiger partial charge in [-0.3, -0.25) is 0 Å². The molecule has 0 N–H and O–H groups in total. The zero-order valence-corrected chi connectivity index (χ0v) is 13.6. The molecule has 0 unspecified atom stereocenters. The van der Waals surface area contributed by atoms with E-state index in [1.165, 1.54) is 23.2 Å². The van der Waals surface area contributed by atoms with Gasteiger partial charge in [-0.2, -0.15) is 5.10 Å². The maximum Gasteiger partial charge on any atom is 0.208 e. The molecule has 3 aromatic heterocycles. The summed E-state index contributed by atoms with van der Waals surface area (Å²) >= 11 is 1.52. The minimum absolute atomic E-state index is 0.715. The highest BCUT2D eigenvalue weighted by molar-refractivity contribution is 7.18. The first-order valence-corrected chi connectivity index (χ1v) is 8.04. The second-order valence-corrected chi connectivity index (χ2v) is 6.47. The summed E-state index contributed by atoms with van der Waals surface area (Å²) in [6, 6.07) is 3.88. The van der Waals surface area contributed by atoms with Gasteiger partial charge in [0.25, 0.3) is 0 Å². The van der Waals surface area contributed by atoms with Crippen LogP contribution < -0.4 is 9.80 Å². The Morgan fingerprint density at radius 2 is 2.13 bits per heavy atom. The van der Waals surface area contributed by atoms with Gasteiger partial charge in [-0.15, -0.1) is 15.3 Å². The van der Waals surface area contributed by atoms with Crippen molar-refractivity contribution >= 4 is 22.3 Å². The summed E-state index contributed by atoms with van der Waals surface area (Å²) in [5, 5.41) is 22.6. The molecule has 9 heteroatoms. The number of rotatable bonds is 3. The van der Waals surface area contributed by atoms with E-state index in [0.717, 1.165) is 41.2 Å². The van der Waals surface area contributed by atoms with Crippen LogP contribution in [0, 0.1) is 0 Å². The van der Waals surface area contributed by atoms with Crippen molar-refractivity contribution in [2.75, 3.05) is 30.4 Å². The zero-order valence-electron chi connectivity index (χ0n) is 12.8. The van der Waals surface area contributed by atoms with Crippen molar-refractivity contribution in [1.29, 1.82) is 0 Å². The first kappa shape index (κ1) is 14.1. The van der Waals surface area contributed by atoms with E-state index in [-0.39, 0.29) is 0 Å². The normalized spacial score (nSPS) is 13.9. The number of hydrogen-bond acceptors (Lipinski definition) is 9. The van der Waals surface area contributed by atoms with E-state index in [4.69, 9.17) is 4.52 Å². The van der Waals surface area contributed by atoms with E-state index in [0.29, 0.717) is 5.69 Å². The molecule has 0 saturated heterocycles. The monoisotopic (exact) mass is 329 g/mol. The van der Waals surface area contributed by atoms with E-state index in [1.54, 1.807) is 6.07 Å². The molecule has 118 valence electrons. The summed E-state index contributed by atoms with van der Waals surface area (Å²) in [5.41, 5.74) is 2.97. The molecular weight excluding hydrogens is 314 g/mol. The second-order valence-electron chi connectivity index (χ2n) is 5.51. The van der Waals surface area contributed by atoms with Gasteiger partial charge in [-0.1, -0.05) is 16.5 Å². The Bertz CT molecular complexity index is 814. The van der Waals surface area contributed by atoms with Gasteiger partial charge >= 0.3 is 0 Å². The van der Waals surface area contributed by atoms with Crippen LogP contribution in [-0.2, 0) is 13.0 Å². The minimum atomic E-state index is 0.715. The van der Waals surface area contributed by atoms with Gasteiger partial charge in [-0.25, -0.2) is 0 Å². The Morgan fingerprint density at radius 1 is 1.22 bits per heavy atom. The highest BCUT2D eigenvalue weighted by Gasteiger charge is 2.22. The van der Waals surface area contributed by atoms with Crippen LogP contribution in [0.1, 0.15) is 11.3 Å². The number of hydrogen-bond donors (Lipinski definition) is 0. The van der Waals surface area contributed by atoms with Crippen LogP contribution in [0.25, 0.3) is 10.7 Å². The molecule has 8 nitrogen and oxygen atoms in total. The molecule has 0 aromatic carbocycles. The lowest BCUT2D eigenvalue weighted by Crippen LogP contribution is -2.31. The van der Waals surface area contributed by atoms with E-state index in [9.17, 15) is 0 Å². The van der Waals surface area contributed by atoms with Crippen molar-refractivity contribution in [3.05, 3.63) is 29.7 Å². The maximum absolute atomic E-state index is 4.86. The van der Waals surface area contributed by atoms with E-state index in [1.807, 2.05) is 19.0 Å². The Labute approximate surface area is 136 Å². The third kappa shape index (κ3) is 2.63. The Balaban J connectivity index is 1.59. The van der Waals surface area contributed by atoms with Gasteiger partial charge in [0, 0.05) is 39.7 Å². The van der Waals surface area contributed by atoms with Crippen LogP contribution in [-0.4, -0.2) is 46.2 Å². The molecule has 0 amide bonds. The molecule has 0 atom stereocenters. The molecule has 1 aliphatic rings. The van der Waals surface area contributed by atoms with E-state index >= 15 is 0 Å². The first-order valence-electron chi connectivity index (χ1n) is 7.23. The maximum atomic E-state index is 4.86. The first-order chi connectivity index (χ1) is 11.2. The molecule has 4 heterocycles. The van der Waals surface area contributed by atoms with Crippen LogP contribution in [0.5, 0.6) is 0 Å². The fourth-order valence-corrected chi connectivity index (χ4v) is 3.30. The molecule has 1 aliphatic heterocycles. The number of nitrogens with zero attached hydrogens (tertiary/aromatic N) is 7. The molecule has 0 saturated carbocycles. The summed E-state index contributed by atoms with van der Waals surface area (Å²) in [5.74, 6) is 0.867. The van der Waals surface area contributed by atoms with Gasteiger partial charge in [0.05, 0.1) is 5.69 Å². The topological polar surface area (TPSA) is 84.1 Å². The molecule has 0 aliphatic carbocycles. The molecule has 4 rings (SSSR count). The highest BCUT2D eigenvalue weighted by atomic mass is 32.1. The average Bonchev–Trinajstić information content (AvgIpc) is 3.24. The quantitative estimate of drug-likeness (QED) is 0.716. The van der Waals surface area contributed by atoms with Crippen molar-refractivity contribution < 1.29 is 4.52 Å². The Hall–Kier alpha value is -2.55. The fraction of sp³-hybridized carbons (Fsp3) is 0.357. The molecule has 0 radical (unpaired) electrons. The van der Waals surface area contributed by atoms with Crippen molar-refractivity contribution in [1.82, 2.24) is 25.6 Å². The fourth-order valence-electron chi connectivity index (χ4n) is 2.47. The van der Waals surface area contributed by atoms with Crippen molar-refractivity contribution in [2.45, 2.75) is 13.0 Å². The molecule has 0 bridgehead atoms. The van der Waals surface area contributed by atoms with Gasteiger partial charge in [0.2, 0.25) is 5.13 Å². The van der Waals surface area contributed by atoms with Crippen LogP contribution in [0.3, 0.4) is 0 Å². The minimum Gasteiger partial charge on any atom is -0.364 e. The van der Waals surface area contributed by atoms with Crippen LogP contribution in [0.15, 0.2) is 22.9 Å². The predicted octanol–water partition coefficient (Wildman–Crippen LogP) is 1.61. The van der Waals surface area contributed by atoms with Crippen LogP contribution in [0.4, 0.5) is 10.9 Å². The molecule has 0 fully saturated rings. The van der Waals surface area contributed by atoms with Gasteiger partial charge < -0.3 is 14.3 Å². The van der Waals surface area contributed by atoms with Crippen LogP contribution in [0.2, 0.25) is 0 Å². The SMILES string of the molecule is CN(C)c1cc2c(nn1)CCN(c1nnc(-c3ccon3)s1)C2. The van der Waals surface area contributed by atoms with Gasteiger partial charge in [-0.05, 0) is 11.6 Å². The summed E-state index contributed by atoms with van der Waals surface area (Å²) in [7, 11) is 3.93. The van der Waals surface area contributed by atoms with Gasteiger partial charge in [0.15, 0.2) is 10.8 Å². The molecular formula is C14H15N7OS. The largest absolute Gasteiger partial charge is 0.364 e. The van der Waals surface area contributed by atoms with Crippen molar-refractivity contribution in [3.63, 3.8) is 0 Å². The Kier molecular flexibility index (Phi) is 3.41. The smallest absolute Gasteiger partial charge is 0.208 e. The predicted molar refractivity (Wildman–Crippen MR) is 86.5 cm³/mol. The summed E-state index contributed by atoms with van der Waals surface area (Å²) in [6.45, 7) is 1.62. The van der Waals surface area contributed by atoms with Crippen LogP contribution >= 0.6 is 11.3 Å². The molecule has 3 aromatic rings. The average molecular weight is 329 g/mol. The summed E-state index contributed by atoms with van der Waals surface area (Å²) in [4.78, 5) is 4.17. The lowest BCUT2D eigenvalue weighted by atomic mass is 10.1. The van der Waals surface area contributed by atoms with Crippen molar-refractivity contribution in [2.24, 2.45) is 0 Å². The van der Waals surface area contributed by atoms with Crippen molar-refractivity contribution in [3.8, 4) is 10.7 Å². The molecule has 23 heavy (non-hydrogen) atoms. The second kappa shape index (κ2) is 5.58. The molecule has 0 spiro atoms. The third-order valence-electron chi connectivity index (χ3n) is 3.73. The number of fused-ring (bicyclic) bond motifs is 1. The lowest BCUT2D eigenvalue weighted by Gasteiger charge is -2.27. The summed E-state index contributed by atoms with van der Waals surface area (Å²) in [6.07, 6.45) is 2.39. The lowest BCUT2D eigenvalue weighted by molar-refractivity contribution is 0.422. The third-order valence-corrected chi connectivity index (χ3v) is 4.73. The highest BCUT2D eigenvalue weighted by Crippen LogP contribution is 2.30. The van der Waals surface area contributed by atoms with Gasteiger partial charge in [0.1, 0.15) is 12.0 Å². The van der Waals surface area contributed by atoms with E-state index in [2.05, 4.69) is 36.5 Å². The zero-order chi connectivity index (χ0) is 15.8. The number of aromatic nitrogens is 5. The summed E-state index contributed by atoms with van der Waals surface area (Å²) < 4.78 is 4.86. The standard InChI is InChI=1S/C14H15N7OS/c1-20(2)12-7-9-8-21(5-3-10(9)15-16-12)14-18-17-13(23-14)11-4-6-22-19-11/h4,6-7H,3,5,8H2,1-2H3. The Morgan fingerprint density at radius 3 is 2.91 bits per heavy atom.